The van der Waals surface area contributed by atoms with Gasteiger partial charge in [-0.2, -0.15) is 5.10 Å². The average molecular weight is 487 g/mol. The number of ether oxygens (including phenoxy) is 1. The lowest BCUT2D eigenvalue weighted by atomic mass is 10.1. The summed E-state index contributed by atoms with van der Waals surface area (Å²) in [5.74, 6) is 1.14. The van der Waals surface area contributed by atoms with E-state index in [1.54, 1.807) is 36.3 Å². The Bertz CT molecular complexity index is 1400. The molecule has 0 aliphatic carbocycles. The number of amides is 2. The molecular formula is C27H23ClN4O3. The number of nitrogens with one attached hydrogen (secondary N) is 1. The number of carbonyl (C=O) groups is 2. The maximum Gasteiger partial charge on any atom is 0.255 e. The third kappa shape index (κ3) is 4.76. The van der Waals surface area contributed by atoms with E-state index in [1.165, 1.54) is 0 Å². The van der Waals surface area contributed by atoms with Crippen molar-refractivity contribution in [3.05, 3.63) is 95.0 Å². The molecule has 1 aromatic heterocycles. The number of fused-ring (bicyclic) bond motifs is 1. The normalized spacial score (nSPS) is 12.9. The van der Waals surface area contributed by atoms with Crippen LogP contribution < -0.4 is 15.0 Å². The lowest BCUT2D eigenvalue weighted by molar-refractivity contribution is -0.119. The van der Waals surface area contributed by atoms with Crippen LogP contribution in [0.2, 0.25) is 5.02 Å². The molecule has 0 fully saturated rings. The molecular weight excluding hydrogens is 464 g/mol. The first-order valence-electron chi connectivity index (χ1n) is 11.2. The Kier molecular flexibility index (Phi) is 6.25. The van der Waals surface area contributed by atoms with E-state index < -0.39 is 0 Å². The van der Waals surface area contributed by atoms with Crippen LogP contribution >= 0.6 is 11.6 Å². The van der Waals surface area contributed by atoms with Gasteiger partial charge in [0.1, 0.15) is 11.6 Å². The van der Waals surface area contributed by atoms with Crippen LogP contribution in [-0.2, 0) is 17.9 Å². The first kappa shape index (κ1) is 22.7. The Morgan fingerprint density at radius 1 is 1.06 bits per heavy atom. The summed E-state index contributed by atoms with van der Waals surface area (Å²) < 4.78 is 7.15. The van der Waals surface area contributed by atoms with Crippen molar-refractivity contribution in [1.82, 2.24) is 9.78 Å². The smallest absolute Gasteiger partial charge is 0.255 e. The van der Waals surface area contributed by atoms with Crippen molar-refractivity contribution in [2.24, 2.45) is 0 Å². The molecule has 4 aromatic rings. The van der Waals surface area contributed by atoms with Gasteiger partial charge in [0.05, 0.1) is 31.6 Å². The number of rotatable bonds is 6. The van der Waals surface area contributed by atoms with E-state index >= 15 is 0 Å². The number of carbonyl (C=O) groups excluding carboxylic acids is 2. The lowest BCUT2D eigenvalue weighted by Crippen LogP contribution is -2.36. The fourth-order valence-corrected chi connectivity index (χ4v) is 4.29. The van der Waals surface area contributed by atoms with Gasteiger partial charge >= 0.3 is 0 Å². The first-order valence-corrected chi connectivity index (χ1v) is 11.6. The zero-order valence-corrected chi connectivity index (χ0v) is 19.8. The van der Waals surface area contributed by atoms with Gasteiger partial charge in [-0.25, -0.2) is 4.68 Å². The number of halogens is 1. The van der Waals surface area contributed by atoms with Gasteiger partial charge in [0.2, 0.25) is 5.91 Å². The monoisotopic (exact) mass is 486 g/mol. The Morgan fingerprint density at radius 3 is 2.63 bits per heavy atom. The van der Waals surface area contributed by atoms with Gasteiger partial charge in [-0.3, -0.25) is 14.5 Å². The Hall–Kier alpha value is -4.10. The zero-order chi connectivity index (χ0) is 24.4. The van der Waals surface area contributed by atoms with Gasteiger partial charge < -0.3 is 10.1 Å². The maximum atomic E-state index is 12.8. The Balaban J connectivity index is 1.33. The second-order valence-electron chi connectivity index (χ2n) is 8.20. The predicted octanol–water partition coefficient (Wildman–Crippen LogP) is 5.40. The average Bonchev–Trinajstić information content (AvgIpc) is 3.31. The quantitative estimate of drug-likeness (QED) is 0.396. The summed E-state index contributed by atoms with van der Waals surface area (Å²) in [5, 5.41) is 8.19. The molecule has 1 aliphatic rings. The third-order valence-electron chi connectivity index (χ3n) is 5.91. The number of benzene rings is 3. The molecule has 176 valence electrons. The molecule has 5 rings (SSSR count). The number of para-hydroxylation sites is 2. The van der Waals surface area contributed by atoms with Crippen LogP contribution in [-0.4, -0.2) is 28.7 Å². The minimum absolute atomic E-state index is 0.0352. The summed E-state index contributed by atoms with van der Waals surface area (Å²) in [6, 6.07) is 23.9. The van der Waals surface area contributed by atoms with Crippen molar-refractivity contribution >= 4 is 34.9 Å². The molecule has 7 nitrogen and oxygen atoms in total. The highest BCUT2D eigenvalue weighted by Crippen LogP contribution is 2.30. The molecule has 0 unspecified atom stereocenters. The van der Waals surface area contributed by atoms with Crippen LogP contribution in [0.3, 0.4) is 0 Å². The molecule has 2 heterocycles. The molecule has 0 saturated heterocycles. The van der Waals surface area contributed by atoms with Gasteiger partial charge in [0.25, 0.3) is 5.91 Å². The second kappa shape index (κ2) is 9.64. The van der Waals surface area contributed by atoms with Gasteiger partial charge in [0, 0.05) is 28.6 Å². The topological polar surface area (TPSA) is 76.5 Å². The van der Waals surface area contributed by atoms with Crippen LogP contribution in [0.25, 0.3) is 11.3 Å². The van der Waals surface area contributed by atoms with Crippen LogP contribution in [0.4, 0.5) is 11.5 Å². The Labute approximate surface area is 207 Å². The van der Waals surface area contributed by atoms with Gasteiger partial charge in [-0.1, -0.05) is 48.0 Å². The summed E-state index contributed by atoms with van der Waals surface area (Å²) in [6.45, 7) is 0.918. The number of aryl methyl sites for hydroxylation is 1. The lowest BCUT2D eigenvalue weighted by Gasteiger charge is -2.27. The minimum Gasteiger partial charge on any atom is -0.495 e. The Morgan fingerprint density at radius 2 is 1.86 bits per heavy atom. The third-order valence-corrected chi connectivity index (χ3v) is 6.14. The first-order chi connectivity index (χ1) is 17.0. The van der Waals surface area contributed by atoms with Crippen molar-refractivity contribution in [3.8, 4) is 17.0 Å². The van der Waals surface area contributed by atoms with Crippen molar-refractivity contribution in [2.45, 2.75) is 19.5 Å². The van der Waals surface area contributed by atoms with Crippen LogP contribution in [0, 0.1) is 0 Å². The molecule has 0 spiro atoms. The van der Waals surface area contributed by atoms with Gasteiger partial charge in [-0.05, 0) is 42.0 Å². The number of hydrogen-bond donors (Lipinski definition) is 1. The van der Waals surface area contributed by atoms with E-state index in [2.05, 4.69) is 10.4 Å². The molecule has 8 heteroatoms. The minimum atomic E-state index is -0.237. The molecule has 1 aliphatic heterocycles. The number of nitrogens with zero attached hydrogens (tertiary/aromatic N) is 3. The van der Waals surface area contributed by atoms with Crippen molar-refractivity contribution in [1.29, 1.82) is 0 Å². The zero-order valence-electron chi connectivity index (χ0n) is 19.1. The summed E-state index contributed by atoms with van der Waals surface area (Å²) >= 11 is 6.14. The summed E-state index contributed by atoms with van der Waals surface area (Å²) in [4.78, 5) is 27.2. The summed E-state index contributed by atoms with van der Waals surface area (Å²) in [5.41, 5.74) is 3.69. The molecule has 2 amide bonds. The van der Waals surface area contributed by atoms with Crippen molar-refractivity contribution < 1.29 is 14.3 Å². The number of methoxy groups -OCH3 is 1. The van der Waals surface area contributed by atoms with Crippen molar-refractivity contribution in [3.63, 3.8) is 0 Å². The largest absolute Gasteiger partial charge is 0.495 e. The van der Waals surface area contributed by atoms with Crippen molar-refractivity contribution in [2.75, 3.05) is 17.3 Å². The van der Waals surface area contributed by atoms with Crippen LogP contribution in [0.15, 0.2) is 78.9 Å². The molecule has 3 aromatic carbocycles. The fourth-order valence-electron chi connectivity index (χ4n) is 4.10. The van der Waals surface area contributed by atoms with E-state index in [4.69, 9.17) is 16.3 Å². The molecule has 0 bridgehead atoms. The highest BCUT2D eigenvalue weighted by atomic mass is 35.5. The SMILES string of the molecule is COc1ccccc1NC(=O)c1ccc(CN2C(=O)CCn3nc(-c4cccc(Cl)c4)cc32)cc1. The second-order valence-corrected chi connectivity index (χ2v) is 8.64. The summed E-state index contributed by atoms with van der Waals surface area (Å²) in [6.07, 6.45) is 0.378. The molecule has 0 saturated carbocycles. The predicted molar refractivity (Wildman–Crippen MR) is 136 cm³/mol. The number of hydrogen-bond acceptors (Lipinski definition) is 4. The fraction of sp³-hybridized carbons (Fsp3) is 0.148. The van der Waals surface area contributed by atoms with E-state index in [0.717, 1.165) is 22.6 Å². The maximum absolute atomic E-state index is 12.8. The number of anilines is 2. The van der Waals surface area contributed by atoms with E-state index in [9.17, 15) is 9.59 Å². The van der Waals surface area contributed by atoms with E-state index in [0.29, 0.717) is 41.5 Å². The summed E-state index contributed by atoms with van der Waals surface area (Å²) in [7, 11) is 1.56. The molecule has 1 N–H and O–H groups in total. The molecule has 0 radical (unpaired) electrons. The number of aromatic nitrogens is 2. The van der Waals surface area contributed by atoms with E-state index in [1.807, 2.05) is 59.3 Å². The van der Waals surface area contributed by atoms with E-state index in [-0.39, 0.29) is 11.8 Å². The van der Waals surface area contributed by atoms with Gasteiger partial charge in [-0.15, -0.1) is 0 Å². The molecule has 35 heavy (non-hydrogen) atoms. The standard InChI is InChI=1S/C27H23ClN4O3/c1-35-24-8-3-2-7-22(24)29-27(34)19-11-9-18(10-12-19)17-31-25-16-23(20-5-4-6-21(28)15-20)30-32(25)14-13-26(31)33/h2-12,15-16H,13-14,17H2,1H3,(H,29,34). The van der Waals surface area contributed by atoms with Gasteiger partial charge in [0.15, 0.2) is 0 Å². The van der Waals surface area contributed by atoms with Crippen LogP contribution in [0.5, 0.6) is 5.75 Å². The molecule has 0 atom stereocenters. The van der Waals surface area contributed by atoms with Crippen LogP contribution in [0.1, 0.15) is 22.3 Å². The highest BCUT2D eigenvalue weighted by molar-refractivity contribution is 6.30. The highest BCUT2D eigenvalue weighted by Gasteiger charge is 2.26.